The van der Waals surface area contributed by atoms with E-state index in [2.05, 4.69) is 4.98 Å². The molecule has 6 nitrogen and oxygen atoms in total. The zero-order chi connectivity index (χ0) is 17.9. The molecule has 2 heterocycles. The number of aromatic nitrogens is 2. The molecule has 134 valence electrons. The zero-order valence-electron chi connectivity index (χ0n) is 15.1. The third-order valence-electron chi connectivity index (χ3n) is 4.13. The van der Waals surface area contributed by atoms with Crippen molar-refractivity contribution in [2.75, 3.05) is 13.1 Å². The lowest BCUT2D eigenvalue weighted by Gasteiger charge is -2.36. The Bertz CT molecular complexity index is 636. The van der Waals surface area contributed by atoms with Crippen LogP contribution < -0.4 is 5.56 Å². The number of aryl methyl sites for hydroxylation is 1. The predicted molar refractivity (Wildman–Crippen MR) is 95.4 cm³/mol. The second-order valence-electron chi connectivity index (χ2n) is 6.30. The molecule has 3 atom stereocenters. The summed E-state index contributed by atoms with van der Waals surface area (Å²) in [4.78, 5) is 31.4. The number of hydrogen-bond acceptors (Lipinski definition) is 5. The van der Waals surface area contributed by atoms with E-state index in [1.807, 2.05) is 32.6 Å². The highest BCUT2D eigenvalue weighted by molar-refractivity contribution is 8.00. The van der Waals surface area contributed by atoms with Gasteiger partial charge in [0.25, 0.3) is 5.56 Å². The van der Waals surface area contributed by atoms with Crippen molar-refractivity contribution < 1.29 is 9.53 Å². The van der Waals surface area contributed by atoms with Crippen LogP contribution in [0.15, 0.2) is 16.0 Å². The van der Waals surface area contributed by atoms with Gasteiger partial charge in [0.2, 0.25) is 5.91 Å². The van der Waals surface area contributed by atoms with Gasteiger partial charge >= 0.3 is 0 Å². The molecule has 0 radical (unpaired) electrons. The molecular formula is C17H27N3O3S. The third kappa shape index (κ3) is 4.39. The largest absolute Gasteiger partial charge is 0.372 e. The summed E-state index contributed by atoms with van der Waals surface area (Å²) in [6, 6.07) is 1.55. The van der Waals surface area contributed by atoms with Gasteiger partial charge in [0.15, 0.2) is 5.16 Å². The minimum atomic E-state index is -0.243. The number of ether oxygens (including phenoxy) is 1. The van der Waals surface area contributed by atoms with E-state index in [9.17, 15) is 9.59 Å². The highest BCUT2D eigenvalue weighted by atomic mass is 32.2. The first kappa shape index (κ1) is 19.0. The van der Waals surface area contributed by atoms with Gasteiger partial charge in [-0.15, -0.1) is 0 Å². The molecule has 0 spiro atoms. The first-order chi connectivity index (χ1) is 11.3. The minimum absolute atomic E-state index is 0.0473. The number of rotatable bonds is 5. The van der Waals surface area contributed by atoms with Crippen LogP contribution in [-0.2, 0) is 23.0 Å². The number of carbonyl (C=O) groups is 1. The van der Waals surface area contributed by atoms with E-state index in [1.54, 1.807) is 13.1 Å². The third-order valence-corrected chi connectivity index (χ3v) is 5.53. The Labute approximate surface area is 147 Å². The number of thioether (sulfide) groups is 1. The number of hydrogen-bond donors (Lipinski definition) is 0. The molecule has 24 heavy (non-hydrogen) atoms. The van der Waals surface area contributed by atoms with Gasteiger partial charge in [0.05, 0.1) is 17.5 Å². The summed E-state index contributed by atoms with van der Waals surface area (Å²) in [5.41, 5.74) is 0.678. The Balaban J connectivity index is 2.19. The maximum atomic E-state index is 12.9. The van der Waals surface area contributed by atoms with Gasteiger partial charge < -0.3 is 9.64 Å². The Hall–Kier alpha value is -1.34. The Kier molecular flexibility index (Phi) is 6.46. The standard InChI is InChI=1S/C17H27N3O3S/c1-6-13-8-15(21)19(5)17(18-13)24-14(7-2)16(22)20-9-11(3)23-12(4)10-20/h8,11-12,14H,6-7,9-10H2,1-5H3. The van der Waals surface area contributed by atoms with E-state index in [1.165, 1.54) is 16.3 Å². The van der Waals surface area contributed by atoms with Crippen LogP contribution in [-0.4, -0.2) is 50.9 Å². The van der Waals surface area contributed by atoms with Crippen LogP contribution in [0.2, 0.25) is 0 Å². The monoisotopic (exact) mass is 353 g/mol. The fourth-order valence-electron chi connectivity index (χ4n) is 2.85. The van der Waals surface area contributed by atoms with Crippen molar-refractivity contribution in [3.63, 3.8) is 0 Å². The first-order valence-electron chi connectivity index (χ1n) is 8.53. The molecule has 1 aliphatic heterocycles. The summed E-state index contributed by atoms with van der Waals surface area (Å²) in [5, 5.41) is 0.363. The fraction of sp³-hybridized carbons (Fsp3) is 0.706. The molecule has 1 aromatic rings. The van der Waals surface area contributed by atoms with Gasteiger partial charge in [-0.25, -0.2) is 4.98 Å². The van der Waals surface area contributed by atoms with E-state index in [-0.39, 0.29) is 28.9 Å². The summed E-state index contributed by atoms with van der Waals surface area (Å²) in [5.74, 6) is 0.0978. The summed E-state index contributed by atoms with van der Waals surface area (Å²) >= 11 is 1.38. The van der Waals surface area contributed by atoms with Gasteiger partial charge in [-0.1, -0.05) is 25.6 Å². The Morgan fingerprint density at radius 3 is 2.54 bits per heavy atom. The fourth-order valence-corrected chi connectivity index (χ4v) is 3.94. The summed E-state index contributed by atoms with van der Waals surface area (Å²) in [6.45, 7) is 9.16. The van der Waals surface area contributed by atoms with Crippen LogP contribution in [0, 0.1) is 0 Å². The molecule has 0 saturated carbocycles. The normalized spacial score (nSPS) is 22.5. The highest BCUT2D eigenvalue weighted by Crippen LogP contribution is 2.26. The van der Waals surface area contributed by atoms with Crippen molar-refractivity contribution >= 4 is 17.7 Å². The van der Waals surface area contributed by atoms with Crippen molar-refractivity contribution in [2.45, 2.75) is 63.2 Å². The SMILES string of the molecule is CCc1cc(=O)n(C)c(SC(CC)C(=O)N2CC(C)OC(C)C2)n1. The van der Waals surface area contributed by atoms with Crippen molar-refractivity contribution in [3.8, 4) is 0 Å². The number of morpholine rings is 1. The molecule has 3 unspecified atom stereocenters. The maximum Gasteiger partial charge on any atom is 0.254 e. The topological polar surface area (TPSA) is 64.4 Å². The minimum Gasteiger partial charge on any atom is -0.372 e. The van der Waals surface area contributed by atoms with Crippen molar-refractivity contribution in [1.82, 2.24) is 14.5 Å². The Morgan fingerprint density at radius 2 is 2.00 bits per heavy atom. The second-order valence-corrected chi connectivity index (χ2v) is 7.47. The lowest BCUT2D eigenvalue weighted by atomic mass is 10.2. The lowest BCUT2D eigenvalue weighted by Crippen LogP contribution is -2.50. The Morgan fingerprint density at radius 1 is 1.38 bits per heavy atom. The van der Waals surface area contributed by atoms with Crippen molar-refractivity contribution in [1.29, 1.82) is 0 Å². The number of amides is 1. The highest BCUT2D eigenvalue weighted by Gasteiger charge is 2.31. The van der Waals surface area contributed by atoms with Gasteiger partial charge in [0, 0.05) is 31.9 Å². The molecule has 7 heteroatoms. The predicted octanol–water partition coefficient (Wildman–Crippen LogP) is 1.85. The maximum absolute atomic E-state index is 12.9. The molecular weight excluding hydrogens is 326 g/mol. The molecule has 1 saturated heterocycles. The van der Waals surface area contributed by atoms with Crippen LogP contribution in [0.1, 0.15) is 39.8 Å². The average Bonchev–Trinajstić information content (AvgIpc) is 2.54. The first-order valence-corrected chi connectivity index (χ1v) is 9.41. The zero-order valence-corrected chi connectivity index (χ0v) is 15.9. The summed E-state index contributed by atoms with van der Waals surface area (Å²) < 4.78 is 7.22. The smallest absolute Gasteiger partial charge is 0.254 e. The molecule has 0 aliphatic carbocycles. The van der Waals surface area contributed by atoms with Gasteiger partial charge in [0.1, 0.15) is 0 Å². The molecule has 1 fully saturated rings. The number of carbonyl (C=O) groups excluding carboxylic acids is 1. The van der Waals surface area contributed by atoms with Crippen molar-refractivity contribution in [2.24, 2.45) is 7.05 Å². The molecule has 0 bridgehead atoms. The van der Waals surface area contributed by atoms with Crippen LogP contribution in [0.25, 0.3) is 0 Å². The molecule has 1 aliphatic rings. The average molecular weight is 353 g/mol. The van der Waals surface area contributed by atoms with E-state index < -0.39 is 0 Å². The molecule has 1 amide bonds. The molecule has 0 N–H and O–H groups in total. The molecule has 1 aromatic heterocycles. The van der Waals surface area contributed by atoms with Gasteiger partial charge in [-0.2, -0.15) is 0 Å². The molecule has 0 aromatic carbocycles. The van der Waals surface area contributed by atoms with Crippen LogP contribution >= 0.6 is 11.8 Å². The van der Waals surface area contributed by atoms with Crippen LogP contribution in [0.5, 0.6) is 0 Å². The van der Waals surface area contributed by atoms with E-state index in [0.29, 0.717) is 31.1 Å². The van der Waals surface area contributed by atoms with Gasteiger partial charge in [-0.05, 0) is 26.7 Å². The lowest BCUT2D eigenvalue weighted by molar-refractivity contribution is -0.142. The summed E-state index contributed by atoms with van der Waals surface area (Å²) in [6.07, 6.45) is 1.49. The van der Waals surface area contributed by atoms with Crippen LogP contribution in [0.4, 0.5) is 0 Å². The number of nitrogens with zero attached hydrogens (tertiary/aromatic N) is 3. The van der Waals surface area contributed by atoms with E-state index >= 15 is 0 Å². The summed E-state index contributed by atoms with van der Waals surface area (Å²) in [7, 11) is 1.70. The molecule has 2 rings (SSSR count). The second kappa shape index (κ2) is 8.16. The van der Waals surface area contributed by atoms with Gasteiger partial charge in [-0.3, -0.25) is 14.2 Å². The van der Waals surface area contributed by atoms with Crippen molar-refractivity contribution in [3.05, 3.63) is 22.1 Å². The van der Waals surface area contributed by atoms with E-state index in [4.69, 9.17) is 4.74 Å². The quantitative estimate of drug-likeness (QED) is 0.597. The van der Waals surface area contributed by atoms with Crippen LogP contribution in [0.3, 0.4) is 0 Å². The van der Waals surface area contributed by atoms with E-state index in [0.717, 1.165) is 5.69 Å².